The fourth-order valence-corrected chi connectivity index (χ4v) is 7.80. The van der Waals surface area contributed by atoms with Gasteiger partial charge in [0.05, 0.1) is 5.75 Å². The van der Waals surface area contributed by atoms with Gasteiger partial charge in [-0.2, -0.15) is 4.73 Å². The highest BCUT2D eigenvalue weighted by molar-refractivity contribution is 9.10. The Labute approximate surface area is 155 Å². The van der Waals surface area contributed by atoms with Crippen molar-refractivity contribution in [2.75, 3.05) is 12.3 Å². The number of carbonyl (C=O) groups excluding carboxylic acids is 1. The number of aromatic nitrogens is 1. The Kier molecular flexibility index (Phi) is 4.32. The maximum absolute atomic E-state index is 12.2. The Bertz CT molecular complexity index is 640. The maximum Gasteiger partial charge on any atom is 0.251 e. The standard InChI is InChI=1S/C18H23BrN2O2S/c19-18-8-13-5-14(9-18)7-17(6-13,11-18)12-20-15(22)10-24-16-3-1-2-4-21(16)23/h1-4,13-14H,5-12H2,(H,20,22). The molecule has 4 bridgehead atoms. The van der Waals surface area contributed by atoms with Gasteiger partial charge >= 0.3 is 0 Å². The number of rotatable bonds is 5. The smallest absolute Gasteiger partial charge is 0.251 e. The quantitative estimate of drug-likeness (QED) is 0.350. The molecule has 0 spiro atoms. The van der Waals surface area contributed by atoms with Crippen molar-refractivity contribution in [1.82, 2.24) is 5.32 Å². The molecule has 4 aliphatic rings. The molecule has 1 aromatic rings. The molecule has 2 atom stereocenters. The number of pyridine rings is 1. The summed E-state index contributed by atoms with van der Waals surface area (Å²) in [5.74, 6) is 2.00. The minimum atomic E-state index is 0.0308. The highest BCUT2D eigenvalue weighted by Gasteiger charge is 2.56. The zero-order valence-electron chi connectivity index (χ0n) is 13.7. The minimum absolute atomic E-state index is 0.0308. The summed E-state index contributed by atoms with van der Waals surface area (Å²) in [5, 5.41) is 15.3. The Balaban J connectivity index is 1.32. The van der Waals surface area contributed by atoms with E-state index in [-0.39, 0.29) is 5.91 Å². The Hall–Kier alpha value is -0.750. The summed E-state index contributed by atoms with van der Waals surface area (Å²) in [4.78, 5) is 12.2. The number of thioether (sulfide) groups is 1. The van der Waals surface area contributed by atoms with Crippen molar-refractivity contribution in [2.45, 2.75) is 47.9 Å². The molecule has 0 aliphatic heterocycles. The summed E-state index contributed by atoms with van der Waals surface area (Å²) in [5.41, 5.74) is 0.291. The third-order valence-electron chi connectivity index (χ3n) is 5.91. The molecular weight excluding hydrogens is 388 g/mol. The Morgan fingerprint density at radius 3 is 2.75 bits per heavy atom. The molecule has 0 radical (unpaired) electrons. The van der Waals surface area contributed by atoms with Crippen molar-refractivity contribution >= 4 is 33.6 Å². The van der Waals surface area contributed by atoms with Crippen LogP contribution in [0.5, 0.6) is 0 Å². The zero-order chi connectivity index (χ0) is 16.8. The molecule has 4 nitrogen and oxygen atoms in total. The predicted molar refractivity (Wildman–Crippen MR) is 97.9 cm³/mol. The molecule has 1 heterocycles. The van der Waals surface area contributed by atoms with Crippen LogP contribution in [0.25, 0.3) is 0 Å². The van der Waals surface area contributed by atoms with E-state index in [0.717, 1.165) is 23.1 Å². The second-order valence-electron chi connectivity index (χ2n) is 8.04. The lowest BCUT2D eigenvalue weighted by atomic mass is 9.49. The molecule has 0 saturated heterocycles. The molecule has 4 aliphatic carbocycles. The lowest BCUT2D eigenvalue weighted by Crippen LogP contribution is -2.56. The highest BCUT2D eigenvalue weighted by atomic mass is 79.9. The molecule has 6 heteroatoms. The molecule has 24 heavy (non-hydrogen) atoms. The fraction of sp³-hybridized carbons (Fsp3) is 0.667. The van der Waals surface area contributed by atoms with Crippen molar-refractivity contribution in [3.05, 3.63) is 29.6 Å². The van der Waals surface area contributed by atoms with Gasteiger partial charge in [-0.15, -0.1) is 0 Å². The van der Waals surface area contributed by atoms with E-state index >= 15 is 0 Å². The lowest BCUT2D eigenvalue weighted by Gasteiger charge is -2.60. The predicted octanol–water partition coefficient (Wildman–Crippen LogP) is 3.26. The van der Waals surface area contributed by atoms with Crippen LogP contribution in [0.2, 0.25) is 0 Å². The summed E-state index contributed by atoms with van der Waals surface area (Å²) in [6, 6.07) is 5.26. The van der Waals surface area contributed by atoms with Crippen LogP contribution < -0.4 is 10.0 Å². The number of nitrogens with zero attached hydrogens (tertiary/aromatic N) is 1. The number of hydrogen-bond donors (Lipinski definition) is 1. The molecule has 4 saturated carbocycles. The van der Waals surface area contributed by atoms with Crippen LogP contribution in [0.4, 0.5) is 0 Å². The molecule has 4 fully saturated rings. The average Bonchev–Trinajstić information content (AvgIpc) is 2.50. The van der Waals surface area contributed by atoms with E-state index in [9.17, 15) is 10.0 Å². The van der Waals surface area contributed by atoms with E-state index in [2.05, 4.69) is 21.2 Å². The Morgan fingerprint density at radius 2 is 2.08 bits per heavy atom. The van der Waals surface area contributed by atoms with E-state index in [0.29, 0.717) is 20.5 Å². The normalized spacial score (nSPS) is 36.7. The van der Waals surface area contributed by atoms with Crippen molar-refractivity contribution in [3.63, 3.8) is 0 Å². The van der Waals surface area contributed by atoms with Gasteiger partial charge in [0.1, 0.15) is 0 Å². The number of carbonyl (C=O) groups is 1. The topological polar surface area (TPSA) is 56.0 Å². The number of halogens is 1. The largest absolute Gasteiger partial charge is 0.618 e. The summed E-state index contributed by atoms with van der Waals surface area (Å²) in [7, 11) is 0. The maximum atomic E-state index is 12.2. The minimum Gasteiger partial charge on any atom is -0.618 e. The summed E-state index contributed by atoms with van der Waals surface area (Å²) < 4.78 is 1.14. The van der Waals surface area contributed by atoms with Gasteiger partial charge in [0.2, 0.25) is 5.91 Å². The molecule has 130 valence electrons. The monoisotopic (exact) mass is 410 g/mol. The molecule has 1 N–H and O–H groups in total. The summed E-state index contributed by atoms with van der Waals surface area (Å²) >= 11 is 5.32. The number of nitrogens with one attached hydrogen (secondary N) is 1. The van der Waals surface area contributed by atoms with Gasteiger partial charge in [-0.05, 0) is 73.6 Å². The molecule has 2 unspecified atom stereocenters. The van der Waals surface area contributed by atoms with Crippen molar-refractivity contribution in [1.29, 1.82) is 0 Å². The first-order valence-electron chi connectivity index (χ1n) is 8.72. The van der Waals surface area contributed by atoms with Crippen LogP contribution in [0.1, 0.15) is 38.5 Å². The first-order chi connectivity index (χ1) is 11.5. The van der Waals surface area contributed by atoms with Gasteiger partial charge in [-0.25, -0.2) is 0 Å². The van der Waals surface area contributed by atoms with Crippen LogP contribution in [-0.4, -0.2) is 22.5 Å². The van der Waals surface area contributed by atoms with Crippen molar-refractivity contribution < 1.29 is 9.52 Å². The number of amides is 1. The van der Waals surface area contributed by atoms with Crippen LogP contribution in [-0.2, 0) is 4.79 Å². The summed E-state index contributed by atoms with van der Waals surface area (Å²) in [6.45, 7) is 0.791. The highest BCUT2D eigenvalue weighted by Crippen LogP contribution is 2.64. The van der Waals surface area contributed by atoms with E-state index in [4.69, 9.17) is 0 Å². The van der Waals surface area contributed by atoms with Gasteiger partial charge in [0.25, 0.3) is 5.03 Å². The van der Waals surface area contributed by atoms with Gasteiger partial charge in [0, 0.05) is 23.0 Å². The number of hydrogen-bond acceptors (Lipinski definition) is 3. The van der Waals surface area contributed by atoms with Crippen LogP contribution >= 0.6 is 27.7 Å². The van der Waals surface area contributed by atoms with Crippen LogP contribution in [0.3, 0.4) is 0 Å². The van der Waals surface area contributed by atoms with Gasteiger partial charge in [-0.3, -0.25) is 4.79 Å². The van der Waals surface area contributed by atoms with Gasteiger partial charge < -0.3 is 10.5 Å². The second-order valence-corrected chi connectivity index (χ2v) is 10.7. The number of alkyl halides is 1. The SMILES string of the molecule is O=C(CSc1cccc[n+]1[O-])NCC12CC3CC(CC(Br)(C3)C1)C2. The fourth-order valence-electron chi connectivity index (χ4n) is 5.54. The van der Waals surface area contributed by atoms with Crippen molar-refractivity contribution in [3.8, 4) is 0 Å². The molecule has 1 amide bonds. The molecule has 1 aromatic heterocycles. The van der Waals surface area contributed by atoms with E-state index < -0.39 is 0 Å². The van der Waals surface area contributed by atoms with Crippen LogP contribution in [0, 0.1) is 22.5 Å². The summed E-state index contributed by atoms with van der Waals surface area (Å²) in [6.07, 6.45) is 9.20. The van der Waals surface area contributed by atoms with E-state index in [1.165, 1.54) is 56.5 Å². The lowest BCUT2D eigenvalue weighted by molar-refractivity contribution is -0.645. The zero-order valence-corrected chi connectivity index (χ0v) is 16.1. The third-order valence-corrected chi connectivity index (χ3v) is 7.86. The van der Waals surface area contributed by atoms with E-state index in [1.807, 2.05) is 6.07 Å². The Morgan fingerprint density at radius 1 is 1.33 bits per heavy atom. The molecule has 5 rings (SSSR count). The second kappa shape index (κ2) is 6.20. The van der Waals surface area contributed by atoms with Crippen LogP contribution in [0.15, 0.2) is 29.4 Å². The first-order valence-corrected chi connectivity index (χ1v) is 10.5. The van der Waals surface area contributed by atoms with Gasteiger partial charge in [-0.1, -0.05) is 15.9 Å². The third kappa shape index (κ3) is 3.32. The molecule has 0 aromatic carbocycles. The average molecular weight is 411 g/mol. The van der Waals surface area contributed by atoms with Gasteiger partial charge in [0.15, 0.2) is 6.20 Å². The molecular formula is C18H23BrN2O2S. The van der Waals surface area contributed by atoms with E-state index in [1.54, 1.807) is 12.1 Å². The first kappa shape index (κ1) is 16.7. The van der Waals surface area contributed by atoms with Crippen molar-refractivity contribution in [2.24, 2.45) is 17.3 Å².